The summed E-state index contributed by atoms with van der Waals surface area (Å²) in [4.78, 5) is 4.73. The van der Waals surface area contributed by atoms with Gasteiger partial charge in [-0.1, -0.05) is 6.07 Å². The van der Waals surface area contributed by atoms with Crippen LogP contribution in [0.2, 0.25) is 0 Å². The summed E-state index contributed by atoms with van der Waals surface area (Å²) in [6, 6.07) is 11.6. The maximum Gasteiger partial charge on any atom is 0.161 e. The van der Waals surface area contributed by atoms with Crippen molar-refractivity contribution >= 4 is 16.7 Å². The second-order valence-corrected chi connectivity index (χ2v) is 6.06. The summed E-state index contributed by atoms with van der Waals surface area (Å²) in [7, 11) is 6.55. The molecular formula is C21H24N2O4. The van der Waals surface area contributed by atoms with Gasteiger partial charge in [-0.2, -0.15) is 0 Å². The van der Waals surface area contributed by atoms with Crippen LogP contribution in [0.15, 0.2) is 36.4 Å². The number of methoxy groups -OCH3 is 4. The van der Waals surface area contributed by atoms with Crippen molar-refractivity contribution in [3.8, 4) is 23.0 Å². The van der Waals surface area contributed by atoms with Crippen LogP contribution in [0.1, 0.15) is 11.1 Å². The van der Waals surface area contributed by atoms with Crippen molar-refractivity contribution < 1.29 is 18.9 Å². The predicted octanol–water partition coefficient (Wildman–Crippen LogP) is 4.19. The van der Waals surface area contributed by atoms with E-state index in [0.717, 1.165) is 33.6 Å². The Morgan fingerprint density at radius 1 is 0.778 bits per heavy atom. The number of ether oxygens (including phenoxy) is 4. The Kier molecular flexibility index (Phi) is 5.54. The first-order valence-electron chi connectivity index (χ1n) is 8.58. The van der Waals surface area contributed by atoms with E-state index < -0.39 is 0 Å². The Bertz CT molecular complexity index is 957. The third-order valence-electron chi connectivity index (χ3n) is 4.44. The molecule has 0 bridgehead atoms. The smallest absolute Gasteiger partial charge is 0.161 e. The molecule has 0 aliphatic carbocycles. The molecule has 1 aromatic heterocycles. The lowest BCUT2D eigenvalue weighted by Crippen LogP contribution is -2.04. The van der Waals surface area contributed by atoms with Crippen molar-refractivity contribution in [2.75, 3.05) is 33.8 Å². The molecule has 0 saturated heterocycles. The van der Waals surface area contributed by atoms with Crippen LogP contribution in [0, 0.1) is 6.92 Å². The van der Waals surface area contributed by atoms with E-state index in [9.17, 15) is 0 Å². The number of nitrogens with zero attached hydrogens (tertiary/aromatic N) is 1. The highest BCUT2D eigenvalue weighted by molar-refractivity contribution is 5.94. The molecule has 0 amide bonds. The third-order valence-corrected chi connectivity index (χ3v) is 4.44. The largest absolute Gasteiger partial charge is 0.496 e. The fourth-order valence-electron chi connectivity index (χ4n) is 3.08. The molecule has 1 N–H and O–H groups in total. The van der Waals surface area contributed by atoms with Crippen molar-refractivity contribution in [2.24, 2.45) is 0 Å². The van der Waals surface area contributed by atoms with Crippen molar-refractivity contribution in [1.82, 2.24) is 4.98 Å². The second kappa shape index (κ2) is 8.03. The van der Waals surface area contributed by atoms with Gasteiger partial charge < -0.3 is 24.3 Å². The lowest BCUT2D eigenvalue weighted by Gasteiger charge is -2.14. The highest BCUT2D eigenvalue weighted by Crippen LogP contribution is 2.35. The molecule has 142 valence electrons. The van der Waals surface area contributed by atoms with Gasteiger partial charge in [-0.05, 0) is 48.4 Å². The molecule has 0 fully saturated rings. The van der Waals surface area contributed by atoms with Crippen LogP contribution in [-0.4, -0.2) is 33.4 Å². The SMILES string of the molecule is COc1ccc(CNc2cc(C)c3c(OC)ccc(OC)c3n2)cc1OC. The minimum atomic E-state index is 0.602. The predicted molar refractivity (Wildman–Crippen MR) is 106 cm³/mol. The van der Waals surface area contributed by atoms with Crippen LogP contribution in [0.4, 0.5) is 5.82 Å². The third kappa shape index (κ3) is 3.69. The van der Waals surface area contributed by atoms with Gasteiger partial charge in [0, 0.05) is 11.9 Å². The normalized spacial score (nSPS) is 10.6. The van der Waals surface area contributed by atoms with Crippen LogP contribution in [-0.2, 0) is 6.54 Å². The fourth-order valence-corrected chi connectivity index (χ4v) is 3.08. The topological polar surface area (TPSA) is 61.8 Å². The van der Waals surface area contributed by atoms with E-state index in [0.29, 0.717) is 23.8 Å². The number of nitrogens with one attached hydrogen (secondary N) is 1. The van der Waals surface area contributed by atoms with Crippen molar-refractivity contribution in [3.05, 3.63) is 47.5 Å². The molecule has 0 radical (unpaired) electrons. The van der Waals surface area contributed by atoms with Crippen LogP contribution >= 0.6 is 0 Å². The standard InChI is InChI=1S/C21H24N2O4/c1-13-10-19(22-12-14-6-7-15(24-2)18(11-14)27-5)23-21-17(26-4)9-8-16(25-3)20(13)21/h6-11H,12H2,1-5H3,(H,22,23). The van der Waals surface area contributed by atoms with E-state index in [4.69, 9.17) is 23.9 Å². The maximum absolute atomic E-state index is 5.48. The molecule has 0 atom stereocenters. The molecular weight excluding hydrogens is 344 g/mol. The average Bonchev–Trinajstić information content (AvgIpc) is 2.71. The Hall–Kier alpha value is -3.15. The first kappa shape index (κ1) is 18.6. The Labute approximate surface area is 159 Å². The highest BCUT2D eigenvalue weighted by Gasteiger charge is 2.13. The Balaban J connectivity index is 1.92. The highest BCUT2D eigenvalue weighted by atomic mass is 16.5. The second-order valence-electron chi connectivity index (χ2n) is 6.06. The number of hydrogen-bond donors (Lipinski definition) is 1. The number of aromatic nitrogens is 1. The molecule has 3 aromatic rings. The Morgan fingerprint density at radius 3 is 2.07 bits per heavy atom. The monoisotopic (exact) mass is 368 g/mol. The summed E-state index contributed by atoms with van der Waals surface area (Å²) in [5, 5.41) is 4.32. The Morgan fingerprint density at radius 2 is 1.41 bits per heavy atom. The van der Waals surface area contributed by atoms with Crippen LogP contribution < -0.4 is 24.3 Å². The molecule has 0 unspecified atom stereocenters. The minimum absolute atomic E-state index is 0.602. The zero-order valence-electron chi connectivity index (χ0n) is 16.3. The summed E-state index contributed by atoms with van der Waals surface area (Å²) in [6.45, 7) is 2.64. The zero-order chi connectivity index (χ0) is 19.4. The van der Waals surface area contributed by atoms with Crippen molar-refractivity contribution in [3.63, 3.8) is 0 Å². The number of hydrogen-bond acceptors (Lipinski definition) is 6. The molecule has 1 heterocycles. The summed E-state index contributed by atoms with van der Waals surface area (Å²) < 4.78 is 21.6. The first-order valence-corrected chi connectivity index (χ1v) is 8.58. The van der Waals surface area contributed by atoms with Crippen LogP contribution in [0.3, 0.4) is 0 Å². The van der Waals surface area contributed by atoms with Gasteiger partial charge in [-0.15, -0.1) is 0 Å². The van der Waals surface area contributed by atoms with Crippen molar-refractivity contribution in [2.45, 2.75) is 13.5 Å². The summed E-state index contributed by atoms with van der Waals surface area (Å²) in [5.41, 5.74) is 2.89. The molecule has 6 nitrogen and oxygen atoms in total. The maximum atomic E-state index is 5.48. The van der Waals surface area contributed by atoms with Crippen molar-refractivity contribution in [1.29, 1.82) is 0 Å². The molecule has 3 rings (SSSR count). The summed E-state index contributed by atoms with van der Waals surface area (Å²) in [5.74, 6) is 3.66. The molecule has 0 aliphatic heterocycles. The fraction of sp³-hybridized carbons (Fsp3) is 0.286. The van der Waals surface area contributed by atoms with Gasteiger partial charge >= 0.3 is 0 Å². The van der Waals surface area contributed by atoms with Gasteiger partial charge in [0.2, 0.25) is 0 Å². The summed E-state index contributed by atoms with van der Waals surface area (Å²) in [6.07, 6.45) is 0. The average molecular weight is 368 g/mol. The van der Waals surface area contributed by atoms with E-state index >= 15 is 0 Å². The number of anilines is 1. The van der Waals surface area contributed by atoms with Crippen LogP contribution in [0.25, 0.3) is 10.9 Å². The van der Waals surface area contributed by atoms with E-state index in [1.54, 1.807) is 28.4 Å². The number of aryl methyl sites for hydroxylation is 1. The zero-order valence-corrected chi connectivity index (χ0v) is 16.3. The lowest BCUT2D eigenvalue weighted by molar-refractivity contribution is 0.354. The first-order chi connectivity index (χ1) is 13.1. The lowest BCUT2D eigenvalue weighted by atomic mass is 10.1. The molecule has 0 saturated carbocycles. The van der Waals surface area contributed by atoms with Gasteiger partial charge in [0.1, 0.15) is 22.8 Å². The number of benzene rings is 2. The van der Waals surface area contributed by atoms with E-state index in [1.165, 1.54) is 0 Å². The molecule has 27 heavy (non-hydrogen) atoms. The van der Waals surface area contributed by atoms with Crippen LogP contribution in [0.5, 0.6) is 23.0 Å². The molecule has 2 aromatic carbocycles. The molecule has 0 aliphatic rings. The molecule has 0 spiro atoms. The van der Waals surface area contributed by atoms with Gasteiger partial charge in [-0.25, -0.2) is 4.98 Å². The van der Waals surface area contributed by atoms with Gasteiger partial charge in [0.15, 0.2) is 11.5 Å². The minimum Gasteiger partial charge on any atom is -0.496 e. The van der Waals surface area contributed by atoms with E-state index in [1.807, 2.05) is 43.3 Å². The number of rotatable bonds is 7. The van der Waals surface area contributed by atoms with Gasteiger partial charge in [-0.3, -0.25) is 0 Å². The van der Waals surface area contributed by atoms with E-state index in [-0.39, 0.29) is 0 Å². The molecule has 6 heteroatoms. The quantitative estimate of drug-likeness (QED) is 0.675. The number of fused-ring (bicyclic) bond motifs is 1. The van der Waals surface area contributed by atoms with Gasteiger partial charge in [0.05, 0.1) is 28.4 Å². The summed E-state index contributed by atoms with van der Waals surface area (Å²) >= 11 is 0. The van der Waals surface area contributed by atoms with Gasteiger partial charge in [0.25, 0.3) is 0 Å². The number of pyridine rings is 1. The van der Waals surface area contributed by atoms with E-state index in [2.05, 4.69) is 5.32 Å².